The van der Waals surface area contributed by atoms with E-state index in [0.717, 1.165) is 36.2 Å². The third kappa shape index (κ3) is 6.27. The maximum atomic E-state index is 13.9. The molecule has 29 heavy (non-hydrogen) atoms. The van der Waals surface area contributed by atoms with Crippen LogP contribution >= 0.6 is 0 Å². The zero-order valence-corrected chi connectivity index (χ0v) is 18.1. The third-order valence-electron chi connectivity index (χ3n) is 7.66. The number of hydrogen-bond donors (Lipinski definition) is 0. The molecule has 0 unspecified atom stereocenters. The Labute approximate surface area is 175 Å². The zero-order chi connectivity index (χ0) is 20.6. The molecule has 1 aromatic carbocycles. The highest BCUT2D eigenvalue weighted by atomic mass is 19.1. The number of hydrogen-bond acceptors (Lipinski definition) is 1. The highest BCUT2D eigenvalue weighted by Gasteiger charge is 2.26. The van der Waals surface area contributed by atoms with Crippen molar-refractivity contribution in [1.29, 1.82) is 5.26 Å². The minimum absolute atomic E-state index is 0.238. The lowest BCUT2D eigenvalue weighted by Crippen LogP contribution is -2.18. The van der Waals surface area contributed by atoms with Crippen LogP contribution < -0.4 is 0 Å². The first-order chi connectivity index (χ1) is 14.1. The number of unbranched alkanes of at least 4 members (excludes halogenated alkanes) is 2. The second-order valence-corrected chi connectivity index (χ2v) is 9.65. The lowest BCUT2D eigenvalue weighted by Gasteiger charge is -2.32. The molecule has 0 aliphatic heterocycles. The van der Waals surface area contributed by atoms with Gasteiger partial charge in [0.15, 0.2) is 0 Å². The highest BCUT2D eigenvalue weighted by Crippen LogP contribution is 2.40. The van der Waals surface area contributed by atoms with E-state index in [9.17, 15) is 8.78 Å². The van der Waals surface area contributed by atoms with Gasteiger partial charge in [0.05, 0.1) is 0 Å². The van der Waals surface area contributed by atoms with E-state index < -0.39 is 17.2 Å². The van der Waals surface area contributed by atoms with E-state index >= 15 is 0 Å². The van der Waals surface area contributed by atoms with Gasteiger partial charge in [0.25, 0.3) is 0 Å². The molecule has 0 spiro atoms. The number of nitrogens with zero attached hydrogens (tertiary/aromatic N) is 1. The van der Waals surface area contributed by atoms with Gasteiger partial charge < -0.3 is 0 Å². The minimum Gasteiger partial charge on any atom is -0.205 e. The fraction of sp³-hybridized carbons (Fsp3) is 0.731. The van der Waals surface area contributed by atoms with Crippen LogP contribution in [-0.4, -0.2) is 0 Å². The molecular weight excluding hydrogens is 364 g/mol. The molecule has 2 fully saturated rings. The Morgan fingerprint density at radius 2 is 1.28 bits per heavy atom. The van der Waals surface area contributed by atoms with E-state index in [-0.39, 0.29) is 5.92 Å². The van der Waals surface area contributed by atoms with Crippen molar-refractivity contribution in [2.75, 3.05) is 0 Å². The average Bonchev–Trinajstić information content (AvgIpc) is 2.73. The Hall–Kier alpha value is -1.43. The summed E-state index contributed by atoms with van der Waals surface area (Å²) in [5, 5.41) is 8.83. The van der Waals surface area contributed by atoms with E-state index in [4.69, 9.17) is 5.26 Å². The first-order valence-corrected chi connectivity index (χ1v) is 12.0. The molecular formula is C26H37F2N. The van der Waals surface area contributed by atoms with Crippen LogP contribution in [0.1, 0.15) is 114 Å². The van der Waals surface area contributed by atoms with Crippen LogP contribution in [0.3, 0.4) is 0 Å². The summed E-state index contributed by atoms with van der Waals surface area (Å²) in [6.45, 7) is 2.28. The van der Waals surface area contributed by atoms with E-state index in [1.54, 1.807) is 6.07 Å². The van der Waals surface area contributed by atoms with Crippen molar-refractivity contribution in [2.45, 2.75) is 103 Å². The molecule has 0 saturated heterocycles. The smallest absolute Gasteiger partial charge is 0.144 e. The van der Waals surface area contributed by atoms with Crippen molar-refractivity contribution in [3.05, 3.63) is 34.9 Å². The van der Waals surface area contributed by atoms with Gasteiger partial charge >= 0.3 is 0 Å². The Bertz CT molecular complexity index is 653. The molecule has 1 nitrogen and oxygen atoms in total. The van der Waals surface area contributed by atoms with E-state index in [1.807, 2.05) is 0 Å². The second-order valence-electron chi connectivity index (χ2n) is 9.65. The van der Waals surface area contributed by atoms with Crippen LogP contribution in [-0.2, 0) is 0 Å². The van der Waals surface area contributed by atoms with E-state index in [0.29, 0.717) is 0 Å². The van der Waals surface area contributed by atoms with Crippen LogP contribution in [0.15, 0.2) is 12.1 Å². The molecule has 0 N–H and O–H groups in total. The van der Waals surface area contributed by atoms with Gasteiger partial charge in [-0.2, -0.15) is 5.26 Å². The summed E-state index contributed by atoms with van der Waals surface area (Å²) in [5.74, 6) is 1.51. The van der Waals surface area contributed by atoms with Gasteiger partial charge in [0.2, 0.25) is 0 Å². The SMILES string of the molecule is CCCCCC1CCC(CCC2CCC(c3cc(F)c(C#N)c(F)c3)CC2)CC1. The Balaban J connectivity index is 1.37. The molecule has 0 aromatic heterocycles. The van der Waals surface area contributed by atoms with Crippen LogP contribution in [0.5, 0.6) is 0 Å². The fourth-order valence-corrected chi connectivity index (χ4v) is 5.68. The Kier molecular flexibility index (Phi) is 8.52. The maximum Gasteiger partial charge on any atom is 0.144 e. The molecule has 2 aliphatic carbocycles. The number of benzene rings is 1. The van der Waals surface area contributed by atoms with Gasteiger partial charge in [-0.1, -0.05) is 71.1 Å². The predicted octanol–water partition coefficient (Wildman–Crippen LogP) is 8.28. The number of halogens is 2. The van der Waals surface area contributed by atoms with Crippen molar-refractivity contribution < 1.29 is 8.78 Å². The van der Waals surface area contributed by atoms with Gasteiger partial charge in [-0.05, 0) is 67.1 Å². The summed E-state index contributed by atoms with van der Waals surface area (Å²) in [7, 11) is 0. The molecule has 160 valence electrons. The van der Waals surface area contributed by atoms with Gasteiger partial charge in [-0.3, -0.25) is 0 Å². The Morgan fingerprint density at radius 1 is 0.793 bits per heavy atom. The third-order valence-corrected chi connectivity index (χ3v) is 7.66. The molecule has 0 amide bonds. The van der Waals surface area contributed by atoms with Crippen LogP contribution in [0, 0.1) is 40.7 Å². The van der Waals surface area contributed by atoms with Gasteiger partial charge in [0.1, 0.15) is 23.3 Å². The monoisotopic (exact) mass is 401 g/mol. The lowest BCUT2D eigenvalue weighted by atomic mass is 9.74. The van der Waals surface area contributed by atoms with Crippen molar-refractivity contribution in [3.8, 4) is 6.07 Å². The lowest BCUT2D eigenvalue weighted by molar-refractivity contribution is 0.222. The number of rotatable bonds is 8. The molecule has 1 aromatic rings. The molecule has 0 radical (unpaired) electrons. The average molecular weight is 402 g/mol. The quantitative estimate of drug-likeness (QED) is 0.402. The minimum atomic E-state index is -0.713. The van der Waals surface area contributed by atoms with Crippen molar-refractivity contribution in [3.63, 3.8) is 0 Å². The van der Waals surface area contributed by atoms with Crippen LogP contribution in [0.2, 0.25) is 0 Å². The molecule has 3 rings (SSSR count). The predicted molar refractivity (Wildman–Crippen MR) is 115 cm³/mol. The van der Waals surface area contributed by atoms with Gasteiger partial charge in [0, 0.05) is 0 Å². The zero-order valence-electron chi connectivity index (χ0n) is 18.1. The Morgan fingerprint density at radius 3 is 1.76 bits per heavy atom. The van der Waals surface area contributed by atoms with Crippen LogP contribution in [0.25, 0.3) is 0 Å². The largest absolute Gasteiger partial charge is 0.205 e. The normalized spacial score (nSPS) is 27.5. The van der Waals surface area contributed by atoms with E-state index in [2.05, 4.69) is 6.92 Å². The maximum absolute atomic E-state index is 13.9. The van der Waals surface area contributed by atoms with Gasteiger partial charge in [-0.15, -0.1) is 0 Å². The van der Waals surface area contributed by atoms with Gasteiger partial charge in [-0.25, -0.2) is 8.78 Å². The van der Waals surface area contributed by atoms with Crippen molar-refractivity contribution >= 4 is 0 Å². The molecule has 0 heterocycles. The van der Waals surface area contributed by atoms with Crippen LogP contribution in [0.4, 0.5) is 8.78 Å². The second kappa shape index (κ2) is 11.1. The fourth-order valence-electron chi connectivity index (χ4n) is 5.68. The highest BCUT2D eigenvalue weighted by molar-refractivity contribution is 5.36. The summed E-state index contributed by atoms with van der Waals surface area (Å²) < 4.78 is 27.8. The summed E-state index contributed by atoms with van der Waals surface area (Å²) >= 11 is 0. The summed E-state index contributed by atoms with van der Waals surface area (Å²) in [6, 6.07) is 4.37. The molecule has 0 atom stereocenters. The molecule has 0 bridgehead atoms. The van der Waals surface area contributed by atoms with Crippen molar-refractivity contribution in [1.82, 2.24) is 0 Å². The standard InChI is InChI=1S/C26H37F2N/c1-2-3-4-5-19-6-8-20(9-7-19)10-11-21-12-14-22(15-13-21)23-16-25(27)24(18-29)26(28)17-23/h16-17,19-22H,2-15H2,1H3. The summed E-state index contributed by atoms with van der Waals surface area (Å²) in [4.78, 5) is 0. The van der Waals surface area contributed by atoms with E-state index in [1.165, 1.54) is 89.2 Å². The summed E-state index contributed by atoms with van der Waals surface area (Å²) in [5.41, 5.74) is 0.279. The first kappa shape index (κ1) is 22.3. The van der Waals surface area contributed by atoms with Crippen molar-refractivity contribution in [2.24, 2.45) is 17.8 Å². The molecule has 2 saturated carbocycles. The number of nitriles is 1. The summed E-state index contributed by atoms with van der Waals surface area (Å²) in [6.07, 6.45) is 18.4. The molecule has 2 aliphatic rings. The molecule has 3 heteroatoms. The first-order valence-electron chi connectivity index (χ1n) is 12.0. The topological polar surface area (TPSA) is 23.8 Å².